The lowest BCUT2D eigenvalue weighted by Gasteiger charge is -2.17. The summed E-state index contributed by atoms with van der Waals surface area (Å²) >= 11 is 0. The van der Waals surface area contributed by atoms with E-state index >= 15 is 0 Å². The molecule has 1 atom stereocenters. The van der Waals surface area contributed by atoms with Gasteiger partial charge < -0.3 is 10.6 Å². The van der Waals surface area contributed by atoms with Crippen molar-refractivity contribution in [1.82, 2.24) is 10.6 Å². The molecule has 0 aromatic carbocycles. The van der Waals surface area contributed by atoms with Gasteiger partial charge in [0, 0.05) is 23.4 Å². The van der Waals surface area contributed by atoms with Crippen LogP contribution in [0.3, 0.4) is 0 Å². The van der Waals surface area contributed by atoms with E-state index in [9.17, 15) is 26.4 Å². The van der Waals surface area contributed by atoms with Crippen LogP contribution in [-0.4, -0.2) is 52.7 Å². The van der Waals surface area contributed by atoms with Crippen LogP contribution in [0.4, 0.5) is 0 Å². The molecule has 0 rings (SSSR count). The summed E-state index contributed by atoms with van der Waals surface area (Å²) in [5.41, 5.74) is 0. The molecule has 0 heterocycles. The monoisotopic (exact) mass is 352 g/mol. The fourth-order valence-corrected chi connectivity index (χ4v) is 2.49. The lowest BCUT2D eigenvalue weighted by Crippen LogP contribution is -2.45. The first-order chi connectivity index (χ1) is 10.0. The fourth-order valence-electron chi connectivity index (χ4n) is 1.34. The molecule has 0 bridgehead atoms. The molecule has 0 aliphatic carbocycles. The Morgan fingerprint density at radius 2 is 1.45 bits per heavy atom. The van der Waals surface area contributed by atoms with Gasteiger partial charge in [-0.15, -0.1) is 0 Å². The van der Waals surface area contributed by atoms with E-state index in [0.29, 0.717) is 17.2 Å². The summed E-state index contributed by atoms with van der Waals surface area (Å²) in [7, 11) is -7.31. The summed E-state index contributed by atoms with van der Waals surface area (Å²) in [5, 5.41) is 6.17. The molecule has 0 aromatic rings. The van der Waals surface area contributed by atoms with Crippen molar-refractivity contribution in [2.75, 3.05) is 18.1 Å². The van der Waals surface area contributed by atoms with E-state index in [1.165, 1.54) is 0 Å². The number of hydrogen-bond donors (Lipinski definition) is 2. The van der Waals surface area contributed by atoms with Gasteiger partial charge in [-0.1, -0.05) is 20.1 Å². The zero-order chi connectivity index (χ0) is 17.4. The molecule has 22 heavy (non-hydrogen) atoms. The first kappa shape index (κ1) is 20.3. The van der Waals surface area contributed by atoms with Crippen molar-refractivity contribution >= 4 is 31.5 Å². The molecule has 0 aliphatic rings. The van der Waals surface area contributed by atoms with Crippen LogP contribution in [0.15, 0.2) is 24.0 Å². The van der Waals surface area contributed by atoms with Gasteiger partial charge in [-0.25, -0.2) is 16.8 Å². The number of amides is 2. The molecule has 0 saturated carbocycles. The van der Waals surface area contributed by atoms with Gasteiger partial charge in [0.25, 0.3) is 0 Å². The highest BCUT2D eigenvalue weighted by Crippen LogP contribution is 1.95. The molecule has 0 aromatic heterocycles. The van der Waals surface area contributed by atoms with Crippen LogP contribution in [0.2, 0.25) is 0 Å². The Morgan fingerprint density at radius 3 is 1.86 bits per heavy atom. The number of nitrogens with one attached hydrogen (secondary N) is 2. The SMILES string of the molecule is C=CS(=O)(=O)CC(=O)NCC(CC)NC(=O)CS(=O)(=O)C=C. The maximum atomic E-state index is 11.5. The average Bonchev–Trinajstić information content (AvgIpc) is 2.42. The second kappa shape index (κ2) is 8.69. The Hall–Kier alpha value is -1.68. The highest BCUT2D eigenvalue weighted by molar-refractivity contribution is 7.95. The highest BCUT2D eigenvalue weighted by atomic mass is 32.2. The van der Waals surface area contributed by atoms with Crippen LogP contribution in [0.5, 0.6) is 0 Å². The van der Waals surface area contributed by atoms with Crippen molar-refractivity contribution < 1.29 is 26.4 Å². The largest absolute Gasteiger partial charge is 0.353 e. The van der Waals surface area contributed by atoms with Crippen LogP contribution in [0.25, 0.3) is 0 Å². The molecule has 2 N–H and O–H groups in total. The van der Waals surface area contributed by atoms with E-state index in [1.54, 1.807) is 6.92 Å². The van der Waals surface area contributed by atoms with Gasteiger partial charge in [0.2, 0.25) is 11.8 Å². The summed E-state index contributed by atoms with van der Waals surface area (Å²) in [6.07, 6.45) is 0.425. The predicted octanol–water partition coefficient (Wildman–Crippen LogP) is -0.886. The Bertz CT molecular complexity index is 637. The third-order valence-corrected chi connectivity index (χ3v) is 4.92. The van der Waals surface area contributed by atoms with Crippen LogP contribution in [-0.2, 0) is 29.3 Å². The van der Waals surface area contributed by atoms with Crippen molar-refractivity contribution in [2.45, 2.75) is 19.4 Å². The normalized spacial score (nSPS) is 13.0. The predicted molar refractivity (Wildman–Crippen MR) is 83.2 cm³/mol. The molecular formula is C12H20N2O6S2. The maximum absolute atomic E-state index is 11.5. The van der Waals surface area contributed by atoms with Gasteiger partial charge in [0.05, 0.1) is 0 Å². The maximum Gasteiger partial charge on any atom is 0.235 e. The minimum Gasteiger partial charge on any atom is -0.353 e. The fraction of sp³-hybridized carbons (Fsp3) is 0.500. The quantitative estimate of drug-likeness (QED) is 0.525. The molecule has 0 fully saturated rings. The van der Waals surface area contributed by atoms with E-state index in [-0.39, 0.29) is 6.54 Å². The summed E-state index contributed by atoms with van der Waals surface area (Å²) < 4.78 is 44.8. The third-order valence-electron chi connectivity index (χ3n) is 2.58. The van der Waals surface area contributed by atoms with Crippen molar-refractivity contribution in [2.24, 2.45) is 0 Å². The van der Waals surface area contributed by atoms with Gasteiger partial charge >= 0.3 is 0 Å². The lowest BCUT2D eigenvalue weighted by molar-refractivity contribution is -0.121. The van der Waals surface area contributed by atoms with Gasteiger partial charge in [-0.2, -0.15) is 0 Å². The average molecular weight is 352 g/mol. The van der Waals surface area contributed by atoms with Crippen LogP contribution in [0, 0.1) is 0 Å². The Balaban J connectivity index is 4.45. The minimum atomic E-state index is -3.66. The van der Waals surface area contributed by atoms with E-state index in [1.807, 2.05) is 0 Å². The number of rotatable bonds is 10. The molecule has 1 unspecified atom stereocenters. The molecule has 2 amide bonds. The van der Waals surface area contributed by atoms with Crippen molar-refractivity contribution in [1.29, 1.82) is 0 Å². The summed E-state index contributed by atoms with van der Waals surface area (Å²) in [6, 6.07) is -0.511. The minimum absolute atomic E-state index is 0.0120. The smallest absolute Gasteiger partial charge is 0.235 e. The second-order valence-corrected chi connectivity index (χ2v) is 8.32. The Morgan fingerprint density at radius 1 is 1.00 bits per heavy atom. The Labute approximate surface area is 130 Å². The van der Waals surface area contributed by atoms with E-state index in [4.69, 9.17) is 0 Å². The lowest BCUT2D eigenvalue weighted by atomic mass is 10.2. The summed E-state index contributed by atoms with van der Waals surface area (Å²) in [5.74, 6) is -2.91. The first-order valence-electron chi connectivity index (χ1n) is 6.31. The van der Waals surface area contributed by atoms with Gasteiger partial charge in [0.1, 0.15) is 11.5 Å². The van der Waals surface area contributed by atoms with Crippen molar-refractivity contribution in [3.63, 3.8) is 0 Å². The van der Waals surface area contributed by atoms with Gasteiger partial charge in [-0.05, 0) is 6.42 Å². The summed E-state index contributed by atoms with van der Waals surface area (Å²) in [4.78, 5) is 23.0. The zero-order valence-corrected chi connectivity index (χ0v) is 13.9. The van der Waals surface area contributed by atoms with Crippen molar-refractivity contribution in [3.8, 4) is 0 Å². The second-order valence-electron chi connectivity index (χ2n) is 4.42. The van der Waals surface area contributed by atoms with E-state index in [2.05, 4.69) is 23.8 Å². The van der Waals surface area contributed by atoms with Crippen LogP contribution >= 0.6 is 0 Å². The zero-order valence-electron chi connectivity index (χ0n) is 12.2. The standard InChI is InChI=1S/C12H20N2O6S2/c1-4-10(14-12(16)9-22(19,20)6-3)7-13-11(15)8-21(17,18)5-2/h5-6,10H,2-4,7-9H2,1H3,(H,13,15)(H,14,16). The van der Waals surface area contributed by atoms with Gasteiger partial charge in [0.15, 0.2) is 19.7 Å². The number of sulfone groups is 2. The Kier molecular flexibility index (Phi) is 8.02. The van der Waals surface area contributed by atoms with Gasteiger partial charge in [-0.3, -0.25) is 9.59 Å². The molecule has 0 radical (unpaired) electrons. The molecule has 126 valence electrons. The molecular weight excluding hydrogens is 332 g/mol. The number of hydrogen-bond acceptors (Lipinski definition) is 6. The molecule has 0 aliphatic heterocycles. The highest BCUT2D eigenvalue weighted by Gasteiger charge is 2.18. The number of carbonyl (C=O) groups is 2. The third kappa shape index (κ3) is 8.57. The molecule has 10 heteroatoms. The summed E-state index contributed by atoms with van der Waals surface area (Å²) in [6.45, 7) is 7.89. The van der Waals surface area contributed by atoms with Crippen LogP contribution in [0.1, 0.15) is 13.3 Å². The topological polar surface area (TPSA) is 126 Å². The molecule has 0 saturated heterocycles. The first-order valence-corrected chi connectivity index (χ1v) is 9.74. The molecule has 0 spiro atoms. The van der Waals surface area contributed by atoms with E-state index < -0.39 is 49.0 Å². The van der Waals surface area contributed by atoms with Crippen LogP contribution < -0.4 is 10.6 Å². The van der Waals surface area contributed by atoms with Crippen molar-refractivity contribution in [3.05, 3.63) is 24.0 Å². The number of carbonyl (C=O) groups excluding carboxylic acids is 2. The molecule has 8 nitrogen and oxygen atoms in total. The van der Waals surface area contributed by atoms with E-state index in [0.717, 1.165) is 0 Å².